The summed E-state index contributed by atoms with van der Waals surface area (Å²) in [6, 6.07) is 4.45. The van der Waals surface area contributed by atoms with E-state index in [1.165, 1.54) is 17.0 Å². The van der Waals surface area contributed by atoms with Gasteiger partial charge in [-0.25, -0.2) is 4.39 Å². The number of H-pyrrole nitrogens is 1. The zero-order chi connectivity index (χ0) is 19.3. The van der Waals surface area contributed by atoms with Crippen molar-refractivity contribution >= 4 is 22.8 Å². The van der Waals surface area contributed by atoms with Gasteiger partial charge >= 0.3 is 5.97 Å². The maximum Gasteiger partial charge on any atom is 0.308 e. The van der Waals surface area contributed by atoms with E-state index < -0.39 is 11.9 Å². The van der Waals surface area contributed by atoms with Crippen LogP contribution in [0.5, 0.6) is 0 Å². The molecule has 0 saturated carbocycles. The number of carbonyl (C=O) groups is 2. The summed E-state index contributed by atoms with van der Waals surface area (Å²) < 4.78 is 18.9. The van der Waals surface area contributed by atoms with Crippen LogP contribution >= 0.6 is 0 Å². The van der Waals surface area contributed by atoms with Crippen LogP contribution in [0.2, 0.25) is 0 Å². The average molecular weight is 364 g/mol. The Morgan fingerprint density at radius 2 is 2.08 bits per heavy atom. The monoisotopic (exact) mass is 364 g/mol. The van der Waals surface area contributed by atoms with Gasteiger partial charge in [0.2, 0.25) is 0 Å². The number of aromatic amines is 1. The van der Waals surface area contributed by atoms with E-state index in [9.17, 15) is 14.0 Å². The summed E-state index contributed by atoms with van der Waals surface area (Å²) in [7, 11) is 0. The average Bonchev–Trinajstić information content (AvgIpc) is 3.01. The van der Waals surface area contributed by atoms with Crippen molar-refractivity contribution < 1.29 is 23.8 Å². The Kier molecular flexibility index (Phi) is 6.74. The largest absolute Gasteiger partial charge is 0.481 e. The molecule has 1 unspecified atom stereocenters. The van der Waals surface area contributed by atoms with E-state index >= 15 is 0 Å². The summed E-state index contributed by atoms with van der Waals surface area (Å²) >= 11 is 0. The molecule has 0 aliphatic heterocycles. The molecule has 0 bridgehead atoms. The first kappa shape index (κ1) is 19.9. The molecule has 2 aromatic rings. The molecule has 1 aromatic heterocycles. The minimum atomic E-state index is -0.956. The molecule has 0 fully saturated rings. The molecule has 0 spiro atoms. The summed E-state index contributed by atoms with van der Waals surface area (Å²) in [5.41, 5.74) is 1.60. The Morgan fingerprint density at radius 1 is 1.35 bits per heavy atom. The minimum absolute atomic E-state index is 0.100. The number of aromatic nitrogens is 1. The number of fused-ring (bicyclic) bond motifs is 1. The lowest BCUT2D eigenvalue weighted by Crippen LogP contribution is -2.38. The third-order valence-corrected chi connectivity index (χ3v) is 4.26. The van der Waals surface area contributed by atoms with Crippen molar-refractivity contribution in [2.45, 2.75) is 27.2 Å². The first-order valence-corrected chi connectivity index (χ1v) is 8.72. The summed E-state index contributed by atoms with van der Waals surface area (Å²) in [5.74, 6) is -2.31. The lowest BCUT2D eigenvalue weighted by molar-refractivity contribution is -0.141. The molecule has 1 heterocycles. The zero-order valence-corrected chi connectivity index (χ0v) is 15.3. The fourth-order valence-electron chi connectivity index (χ4n) is 2.85. The molecule has 26 heavy (non-hydrogen) atoms. The number of aryl methyl sites for hydroxylation is 1. The van der Waals surface area contributed by atoms with Crippen molar-refractivity contribution in [2.75, 3.05) is 26.3 Å². The summed E-state index contributed by atoms with van der Waals surface area (Å²) in [6.45, 7) is 6.81. The number of carboxylic acid groups (broad SMARTS) is 1. The van der Waals surface area contributed by atoms with E-state index in [4.69, 9.17) is 9.84 Å². The molecule has 2 N–H and O–H groups in total. The van der Waals surface area contributed by atoms with Gasteiger partial charge in [0.05, 0.1) is 5.92 Å². The Morgan fingerprint density at radius 3 is 2.73 bits per heavy atom. The molecule has 142 valence electrons. The lowest BCUT2D eigenvalue weighted by atomic mass is 10.1. The number of hydrogen-bond acceptors (Lipinski definition) is 3. The fourth-order valence-corrected chi connectivity index (χ4v) is 2.85. The first-order chi connectivity index (χ1) is 12.3. The molecule has 7 heteroatoms. The second-order valence-corrected chi connectivity index (χ2v) is 6.41. The predicted octanol–water partition coefficient (Wildman–Crippen LogP) is 3.20. The van der Waals surface area contributed by atoms with Gasteiger partial charge in [-0.05, 0) is 44.0 Å². The number of benzene rings is 1. The number of ether oxygens (including phenoxy) is 1. The number of amides is 1. The Hall–Kier alpha value is -2.41. The molecule has 1 atom stereocenters. The summed E-state index contributed by atoms with van der Waals surface area (Å²) in [6.07, 6.45) is 0.611. The SMILES string of the molecule is CCOCCCN(CC(C)C(=O)O)C(=O)c1cc2c(C)cc(F)cc2[nH]1. The number of rotatable bonds is 9. The van der Waals surface area contributed by atoms with Crippen molar-refractivity contribution in [3.63, 3.8) is 0 Å². The van der Waals surface area contributed by atoms with E-state index in [0.29, 0.717) is 37.4 Å². The lowest BCUT2D eigenvalue weighted by Gasteiger charge is -2.24. The van der Waals surface area contributed by atoms with E-state index in [0.717, 1.165) is 10.9 Å². The van der Waals surface area contributed by atoms with E-state index in [-0.39, 0.29) is 18.3 Å². The van der Waals surface area contributed by atoms with Crippen LogP contribution in [0.1, 0.15) is 36.3 Å². The second-order valence-electron chi connectivity index (χ2n) is 6.41. The first-order valence-electron chi connectivity index (χ1n) is 8.72. The number of nitrogens with zero attached hydrogens (tertiary/aromatic N) is 1. The summed E-state index contributed by atoms with van der Waals surface area (Å²) in [4.78, 5) is 28.5. The fraction of sp³-hybridized carbons (Fsp3) is 0.474. The van der Waals surface area contributed by atoms with Crippen LogP contribution in [0.25, 0.3) is 10.9 Å². The van der Waals surface area contributed by atoms with Crippen LogP contribution in [-0.4, -0.2) is 53.2 Å². The van der Waals surface area contributed by atoms with Gasteiger partial charge in [0.1, 0.15) is 11.5 Å². The van der Waals surface area contributed by atoms with Crippen LogP contribution in [0.4, 0.5) is 4.39 Å². The number of hydrogen-bond donors (Lipinski definition) is 2. The second kappa shape index (κ2) is 8.80. The van der Waals surface area contributed by atoms with Crippen molar-refractivity contribution in [3.8, 4) is 0 Å². The highest BCUT2D eigenvalue weighted by Gasteiger charge is 2.23. The zero-order valence-electron chi connectivity index (χ0n) is 15.3. The highest BCUT2D eigenvalue weighted by Crippen LogP contribution is 2.22. The number of aliphatic carboxylic acids is 1. The molecule has 0 radical (unpaired) electrons. The molecule has 0 saturated heterocycles. The predicted molar refractivity (Wildman–Crippen MR) is 96.8 cm³/mol. The molecule has 2 rings (SSSR count). The molecular weight excluding hydrogens is 339 g/mol. The van der Waals surface area contributed by atoms with Gasteiger partial charge in [-0.2, -0.15) is 0 Å². The molecule has 1 amide bonds. The van der Waals surface area contributed by atoms with Gasteiger partial charge < -0.3 is 19.7 Å². The van der Waals surface area contributed by atoms with E-state index in [1.54, 1.807) is 19.9 Å². The van der Waals surface area contributed by atoms with Gasteiger partial charge in [-0.1, -0.05) is 6.92 Å². The van der Waals surface area contributed by atoms with Crippen molar-refractivity contribution in [3.05, 3.63) is 35.3 Å². The van der Waals surface area contributed by atoms with Crippen molar-refractivity contribution in [2.24, 2.45) is 5.92 Å². The van der Waals surface area contributed by atoms with Gasteiger partial charge in [-0.3, -0.25) is 9.59 Å². The van der Waals surface area contributed by atoms with E-state index in [2.05, 4.69) is 4.98 Å². The smallest absolute Gasteiger partial charge is 0.308 e. The quantitative estimate of drug-likeness (QED) is 0.670. The maximum absolute atomic E-state index is 13.6. The standard InChI is InChI=1S/C19H25FN2O4/c1-4-26-7-5-6-22(11-13(3)19(24)25)18(23)17-10-15-12(2)8-14(20)9-16(15)21-17/h8-10,13,21H,4-7,11H2,1-3H3,(H,24,25). The molecule has 1 aromatic carbocycles. The third kappa shape index (κ3) is 4.82. The van der Waals surface area contributed by atoms with Crippen LogP contribution in [0.15, 0.2) is 18.2 Å². The molecule has 0 aliphatic rings. The van der Waals surface area contributed by atoms with Crippen molar-refractivity contribution in [1.82, 2.24) is 9.88 Å². The molecule has 0 aliphatic carbocycles. The maximum atomic E-state index is 13.6. The minimum Gasteiger partial charge on any atom is -0.481 e. The highest BCUT2D eigenvalue weighted by atomic mass is 19.1. The van der Waals surface area contributed by atoms with Crippen molar-refractivity contribution in [1.29, 1.82) is 0 Å². The summed E-state index contributed by atoms with van der Waals surface area (Å²) in [5, 5.41) is 9.94. The highest BCUT2D eigenvalue weighted by molar-refractivity contribution is 5.99. The Balaban J connectivity index is 2.23. The normalized spacial score (nSPS) is 12.3. The van der Waals surface area contributed by atoms with Gasteiger partial charge in [-0.15, -0.1) is 0 Å². The van der Waals surface area contributed by atoms with Gasteiger partial charge in [0.15, 0.2) is 0 Å². The van der Waals surface area contributed by atoms with Crippen LogP contribution in [0.3, 0.4) is 0 Å². The molecule has 6 nitrogen and oxygen atoms in total. The third-order valence-electron chi connectivity index (χ3n) is 4.26. The number of carboxylic acids is 1. The van der Waals surface area contributed by atoms with Crippen LogP contribution in [-0.2, 0) is 9.53 Å². The van der Waals surface area contributed by atoms with Crippen LogP contribution < -0.4 is 0 Å². The topological polar surface area (TPSA) is 82.6 Å². The van der Waals surface area contributed by atoms with Gasteiger partial charge in [0, 0.05) is 37.2 Å². The number of nitrogens with one attached hydrogen (secondary N) is 1. The molecular formula is C19H25FN2O4. The Bertz CT molecular complexity index is 787. The number of halogens is 1. The van der Waals surface area contributed by atoms with Crippen LogP contribution in [0, 0.1) is 18.7 Å². The Labute approximate surface area is 151 Å². The number of carbonyl (C=O) groups excluding carboxylic acids is 1. The van der Waals surface area contributed by atoms with E-state index in [1.807, 2.05) is 6.92 Å². The van der Waals surface area contributed by atoms with Gasteiger partial charge in [0.25, 0.3) is 5.91 Å².